The van der Waals surface area contributed by atoms with Crippen molar-refractivity contribution in [3.05, 3.63) is 30.1 Å². The van der Waals surface area contributed by atoms with Gasteiger partial charge in [-0.25, -0.2) is 0 Å². The van der Waals surface area contributed by atoms with Gasteiger partial charge in [-0.1, -0.05) is 0 Å². The topological polar surface area (TPSA) is 114 Å². The lowest BCUT2D eigenvalue weighted by Gasteiger charge is -2.59. The summed E-state index contributed by atoms with van der Waals surface area (Å²) in [6, 6.07) is 3.00. The number of hydrogen-bond acceptors (Lipinski definition) is 5. The minimum Gasteiger partial charge on any atom is -0.369 e. The average molecular weight is 411 g/mol. The van der Waals surface area contributed by atoms with E-state index in [0.29, 0.717) is 36.3 Å². The number of aromatic nitrogens is 1. The van der Waals surface area contributed by atoms with Crippen LogP contribution in [0.1, 0.15) is 55.8 Å². The Bertz CT molecular complexity index is 872. The molecule has 0 radical (unpaired) electrons. The number of pyridine rings is 1. The fourth-order valence-electron chi connectivity index (χ4n) is 7.03. The fraction of sp³-hybridized carbons (Fsp3) is 0.652. The maximum atomic E-state index is 13.5. The number of hydrogen-bond donors (Lipinski definition) is 3. The molecular formula is C23H30N4O3. The molecular weight excluding hydrogens is 380 g/mol. The first-order chi connectivity index (χ1) is 14.3. The summed E-state index contributed by atoms with van der Waals surface area (Å²) >= 11 is 0. The number of rotatable bonds is 5. The van der Waals surface area contributed by atoms with E-state index >= 15 is 0 Å². The summed E-state index contributed by atoms with van der Waals surface area (Å²) in [7, 11) is 0. The van der Waals surface area contributed by atoms with E-state index in [9.17, 15) is 14.4 Å². The van der Waals surface area contributed by atoms with Crippen LogP contribution in [-0.2, 0) is 9.59 Å². The fourth-order valence-corrected chi connectivity index (χ4v) is 7.03. The second-order valence-electron chi connectivity index (χ2n) is 10.3. The average Bonchev–Trinajstić information content (AvgIpc) is 3.13. The van der Waals surface area contributed by atoms with Gasteiger partial charge in [0.05, 0.1) is 11.5 Å². The summed E-state index contributed by atoms with van der Waals surface area (Å²) < 4.78 is 0. The van der Waals surface area contributed by atoms with Crippen LogP contribution in [-0.4, -0.2) is 41.2 Å². The van der Waals surface area contributed by atoms with E-state index in [1.807, 2.05) is 6.92 Å². The van der Waals surface area contributed by atoms with Gasteiger partial charge in [0.25, 0.3) is 0 Å². The van der Waals surface area contributed by atoms with E-state index in [0.717, 1.165) is 32.1 Å². The van der Waals surface area contributed by atoms with Gasteiger partial charge in [0.1, 0.15) is 0 Å². The van der Waals surface area contributed by atoms with E-state index in [4.69, 9.17) is 5.73 Å². The summed E-state index contributed by atoms with van der Waals surface area (Å²) in [6.07, 6.45) is 8.41. The number of nitrogens with two attached hydrogens (primary N) is 1. The molecule has 0 spiro atoms. The first-order valence-electron chi connectivity index (χ1n) is 11.1. The standard InChI is InChI=1S/C23H30N4O3/c1-22(4-6-26-19(22)18(28)14-3-2-5-25-12-14)21(30)27-17-15-7-13-8-16(17)11-23(9-13,10-15)20(24)29/h2-3,5,12-13,15-17,19,26H,4,6-11H2,1H3,(H2,24,29)(H,27,30). The second kappa shape index (κ2) is 6.87. The van der Waals surface area contributed by atoms with Gasteiger partial charge in [-0.3, -0.25) is 19.4 Å². The Labute approximate surface area is 176 Å². The molecule has 4 saturated carbocycles. The third kappa shape index (κ3) is 2.89. The molecule has 4 bridgehead atoms. The van der Waals surface area contributed by atoms with E-state index < -0.39 is 11.5 Å². The Morgan fingerprint density at radius 2 is 1.93 bits per heavy atom. The molecule has 5 fully saturated rings. The van der Waals surface area contributed by atoms with Crippen molar-refractivity contribution in [3.8, 4) is 0 Å². The van der Waals surface area contributed by atoms with E-state index in [1.165, 1.54) is 0 Å². The number of ketones is 1. The highest BCUT2D eigenvalue weighted by Gasteiger charge is 2.59. The van der Waals surface area contributed by atoms with Gasteiger partial charge in [0.15, 0.2) is 5.78 Å². The van der Waals surface area contributed by atoms with E-state index in [1.54, 1.807) is 24.5 Å². The van der Waals surface area contributed by atoms with Gasteiger partial charge < -0.3 is 16.4 Å². The first kappa shape index (κ1) is 19.7. The van der Waals surface area contributed by atoms with Gasteiger partial charge in [-0.15, -0.1) is 0 Å². The molecule has 30 heavy (non-hydrogen) atoms. The van der Waals surface area contributed by atoms with Crippen LogP contribution in [0.15, 0.2) is 24.5 Å². The van der Waals surface area contributed by atoms with Gasteiger partial charge in [-0.2, -0.15) is 0 Å². The summed E-state index contributed by atoms with van der Waals surface area (Å²) in [6.45, 7) is 2.52. The molecule has 2 heterocycles. The van der Waals surface area contributed by atoms with Crippen LogP contribution in [0.5, 0.6) is 0 Å². The molecule has 1 saturated heterocycles. The molecule has 1 aliphatic heterocycles. The predicted octanol–water partition coefficient (Wildman–Crippen LogP) is 1.43. The van der Waals surface area contributed by atoms with Crippen molar-refractivity contribution >= 4 is 17.6 Å². The number of carbonyl (C=O) groups is 3. The summed E-state index contributed by atoms with van der Waals surface area (Å²) in [5, 5.41) is 6.59. The first-order valence-corrected chi connectivity index (χ1v) is 11.1. The van der Waals surface area contributed by atoms with Crippen LogP contribution in [0.3, 0.4) is 0 Å². The van der Waals surface area contributed by atoms with Crippen molar-refractivity contribution in [2.75, 3.05) is 6.54 Å². The van der Waals surface area contributed by atoms with Crippen LogP contribution in [0.4, 0.5) is 0 Å². The van der Waals surface area contributed by atoms with Crippen molar-refractivity contribution in [2.24, 2.45) is 34.3 Å². The molecule has 4 N–H and O–H groups in total. The molecule has 7 heteroatoms. The zero-order chi connectivity index (χ0) is 21.1. The molecule has 6 rings (SSSR count). The maximum absolute atomic E-state index is 13.5. The Kier molecular flexibility index (Phi) is 4.51. The monoisotopic (exact) mass is 410 g/mol. The molecule has 160 valence electrons. The van der Waals surface area contributed by atoms with Gasteiger partial charge in [0.2, 0.25) is 11.8 Å². The van der Waals surface area contributed by atoms with Crippen LogP contribution in [0, 0.1) is 28.6 Å². The largest absolute Gasteiger partial charge is 0.369 e. The third-order valence-corrected chi connectivity index (χ3v) is 8.45. The highest BCUT2D eigenvalue weighted by molar-refractivity contribution is 6.04. The highest BCUT2D eigenvalue weighted by atomic mass is 16.2. The van der Waals surface area contributed by atoms with Gasteiger partial charge >= 0.3 is 0 Å². The molecule has 4 atom stereocenters. The van der Waals surface area contributed by atoms with Gasteiger partial charge in [0, 0.05) is 29.4 Å². The molecule has 4 unspecified atom stereocenters. The maximum Gasteiger partial charge on any atom is 0.228 e. The Hall–Kier alpha value is -2.28. The normalized spacial score (nSPS) is 41.6. The number of primary amides is 1. The Morgan fingerprint density at radius 3 is 2.57 bits per heavy atom. The molecule has 7 nitrogen and oxygen atoms in total. The SMILES string of the molecule is CC1(C(=O)NC2C3CC4CC2CC(C(N)=O)(C4)C3)CCNC1C(=O)c1cccnc1. The zero-order valence-corrected chi connectivity index (χ0v) is 17.4. The van der Waals surface area contributed by atoms with Gasteiger partial charge in [-0.05, 0) is 81.9 Å². The highest BCUT2D eigenvalue weighted by Crippen LogP contribution is 2.60. The molecule has 2 amide bonds. The zero-order valence-electron chi connectivity index (χ0n) is 17.4. The Morgan fingerprint density at radius 1 is 1.20 bits per heavy atom. The van der Waals surface area contributed by atoms with Crippen LogP contribution < -0.4 is 16.4 Å². The van der Waals surface area contributed by atoms with Crippen molar-refractivity contribution in [3.63, 3.8) is 0 Å². The minimum atomic E-state index is -0.803. The molecule has 1 aromatic rings. The smallest absolute Gasteiger partial charge is 0.228 e. The molecule has 4 aliphatic carbocycles. The quantitative estimate of drug-likeness (QED) is 0.636. The number of nitrogens with one attached hydrogen (secondary N) is 2. The lowest BCUT2D eigenvalue weighted by atomic mass is 9.47. The second-order valence-corrected chi connectivity index (χ2v) is 10.3. The van der Waals surface area contributed by atoms with Crippen molar-refractivity contribution in [2.45, 2.75) is 57.5 Å². The minimum absolute atomic E-state index is 0.0552. The van der Waals surface area contributed by atoms with Crippen LogP contribution in [0.2, 0.25) is 0 Å². The number of amides is 2. The van der Waals surface area contributed by atoms with E-state index in [-0.39, 0.29) is 29.1 Å². The predicted molar refractivity (Wildman–Crippen MR) is 110 cm³/mol. The van der Waals surface area contributed by atoms with Crippen molar-refractivity contribution in [1.82, 2.24) is 15.6 Å². The van der Waals surface area contributed by atoms with E-state index in [2.05, 4.69) is 15.6 Å². The van der Waals surface area contributed by atoms with Crippen molar-refractivity contribution < 1.29 is 14.4 Å². The number of carbonyl (C=O) groups excluding carboxylic acids is 3. The summed E-state index contributed by atoms with van der Waals surface area (Å²) in [4.78, 5) is 42.8. The molecule has 0 aromatic carbocycles. The molecule has 1 aromatic heterocycles. The molecule has 5 aliphatic rings. The van der Waals surface area contributed by atoms with Crippen LogP contribution >= 0.6 is 0 Å². The third-order valence-electron chi connectivity index (χ3n) is 8.45. The number of nitrogens with zero attached hydrogens (tertiary/aromatic N) is 1. The van der Waals surface area contributed by atoms with Crippen LogP contribution in [0.25, 0.3) is 0 Å². The van der Waals surface area contributed by atoms with Crippen molar-refractivity contribution in [1.29, 1.82) is 0 Å². The summed E-state index contributed by atoms with van der Waals surface area (Å²) in [5.41, 5.74) is 5.14. The lowest BCUT2D eigenvalue weighted by molar-refractivity contribution is -0.149. The Balaban J connectivity index is 1.34. The lowest BCUT2D eigenvalue weighted by Crippen LogP contribution is -2.63. The summed E-state index contributed by atoms with van der Waals surface area (Å²) in [5.74, 6) is 0.847. The number of Topliss-reactive ketones (excluding diaryl/α,β-unsaturated/α-hetero) is 1.